The molecular weight excluding hydrogens is 589 g/mol. The van der Waals surface area contributed by atoms with Crippen LogP contribution in [0.4, 0.5) is 0 Å². The van der Waals surface area contributed by atoms with E-state index in [1.165, 1.54) is 60.2 Å². The highest BCUT2D eigenvalue weighted by molar-refractivity contribution is 6.17. The maximum Gasteiger partial charge on any atom is 0.228 e. The summed E-state index contributed by atoms with van der Waals surface area (Å²) < 4.78 is 6.15. The molecule has 2 aromatic heterocycles. The zero-order valence-electron chi connectivity index (χ0n) is 26.3. The standard InChI is InChI=1S/C43H30N4O/c1-47-41(28-9-3-2-4-10-28)45-40(35-23-24-44-43-39(35)34-13-5-6-16-37(34)48-43)46-42(47)29-19-17-26(18-20-29)30-21-22-31-32-14-7-11-27-12-8-15-33(38(27)32)36(31)25-30/h2-25,41-42H,1H3,(H,45,46)/p+1. The van der Waals surface area contributed by atoms with Crippen LogP contribution in [0, 0.1) is 0 Å². The lowest BCUT2D eigenvalue weighted by molar-refractivity contribution is -0.947. The third-order valence-electron chi connectivity index (χ3n) is 10.2. The van der Waals surface area contributed by atoms with E-state index in [-0.39, 0.29) is 12.3 Å². The quantitative estimate of drug-likeness (QED) is 0.207. The summed E-state index contributed by atoms with van der Waals surface area (Å²) in [5.74, 6) is 0.842. The summed E-state index contributed by atoms with van der Waals surface area (Å²) in [6.07, 6.45) is 1.67. The van der Waals surface area contributed by atoms with Crippen molar-refractivity contribution in [2.24, 2.45) is 4.99 Å². The number of furan rings is 1. The number of hydrogen-bond acceptors (Lipinski definition) is 4. The third kappa shape index (κ3) is 4.08. The molecule has 1 aliphatic heterocycles. The molecule has 228 valence electrons. The highest BCUT2D eigenvalue weighted by Crippen LogP contribution is 2.48. The lowest BCUT2D eigenvalue weighted by Gasteiger charge is -2.36. The molecule has 2 N–H and O–H groups in total. The van der Waals surface area contributed by atoms with Gasteiger partial charge in [0.25, 0.3) is 0 Å². The molecule has 0 spiro atoms. The van der Waals surface area contributed by atoms with Crippen LogP contribution in [0.15, 0.2) is 155 Å². The van der Waals surface area contributed by atoms with Crippen LogP contribution in [0.1, 0.15) is 29.0 Å². The summed E-state index contributed by atoms with van der Waals surface area (Å²) in [7, 11) is 2.22. The molecule has 0 amide bonds. The van der Waals surface area contributed by atoms with Crippen LogP contribution in [0.2, 0.25) is 0 Å². The van der Waals surface area contributed by atoms with Crippen LogP contribution in [0.25, 0.3) is 66.2 Å². The van der Waals surface area contributed by atoms with Gasteiger partial charge in [0.1, 0.15) is 11.4 Å². The Morgan fingerprint density at radius 1 is 0.604 bits per heavy atom. The first-order chi connectivity index (χ1) is 23.7. The second-order valence-electron chi connectivity index (χ2n) is 12.8. The van der Waals surface area contributed by atoms with Crippen molar-refractivity contribution in [3.63, 3.8) is 0 Å². The van der Waals surface area contributed by atoms with E-state index in [0.29, 0.717) is 5.71 Å². The van der Waals surface area contributed by atoms with Gasteiger partial charge in [-0.1, -0.05) is 121 Å². The Morgan fingerprint density at radius 3 is 2.19 bits per heavy atom. The van der Waals surface area contributed by atoms with E-state index in [0.717, 1.165) is 27.8 Å². The van der Waals surface area contributed by atoms with E-state index in [1.54, 1.807) is 0 Å². The number of rotatable bonds is 4. The summed E-state index contributed by atoms with van der Waals surface area (Å²) in [4.78, 5) is 11.2. The predicted octanol–water partition coefficient (Wildman–Crippen LogP) is 8.71. The van der Waals surface area contributed by atoms with Gasteiger partial charge in [0.15, 0.2) is 6.17 Å². The molecule has 5 nitrogen and oxygen atoms in total. The van der Waals surface area contributed by atoms with Crippen LogP contribution in [0.3, 0.4) is 0 Å². The number of fused-ring (bicyclic) bond motifs is 6. The highest BCUT2D eigenvalue weighted by atomic mass is 16.3. The number of pyridine rings is 1. The SMILES string of the molecule is C[NH+]1C(c2ccccc2)N=C(c2ccnc3oc4ccccc4c23)NC1c1ccc(-c2ccc3c(c2)-c2cccc4cccc-3c24)cc1. The number of quaternary nitrogens is 1. The minimum atomic E-state index is -0.102. The number of nitrogens with one attached hydrogen (secondary N) is 2. The Morgan fingerprint density at radius 2 is 1.35 bits per heavy atom. The van der Waals surface area contributed by atoms with Crippen LogP contribution in [0.5, 0.6) is 0 Å². The molecule has 2 aliphatic rings. The van der Waals surface area contributed by atoms with Crippen molar-refractivity contribution in [2.75, 3.05) is 7.05 Å². The zero-order valence-corrected chi connectivity index (χ0v) is 26.3. The van der Waals surface area contributed by atoms with Crippen LogP contribution in [-0.2, 0) is 0 Å². The molecule has 0 saturated carbocycles. The van der Waals surface area contributed by atoms with Crippen molar-refractivity contribution in [1.82, 2.24) is 10.3 Å². The fourth-order valence-electron chi connectivity index (χ4n) is 7.83. The molecule has 8 aromatic rings. The molecule has 0 saturated heterocycles. The highest BCUT2D eigenvalue weighted by Gasteiger charge is 2.36. The molecular formula is C43H31N4O+. The lowest BCUT2D eigenvalue weighted by Crippen LogP contribution is -3.12. The maximum atomic E-state index is 6.15. The third-order valence-corrected chi connectivity index (χ3v) is 10.2. The Hall–Kier alpha value is -6.04. The number of aromatic nitrogens is 1. The van der Waals surface area contributed by atoms with Gasteiger partial charge in [-0.25, -0.2) is 9.98 Å². The number of benzene rings is 6. The van der Waals surface area contributed by atoms with E-state index >= 15 is 0 Å². The Balaban J connectivity index is 1.04. The fourth-order valence-corrected chi connectivity index (χ4v) is 7.83. The molecule has 6 aromatic carbocycles. The largest absolute Gasteiger partial charge is 0.438 e. The lowest BCUT2D eigenvalue weighted by atomic mass is 9.96. The second kappa shape index (κ2) is 10.5. The number of amidine groups is 1. The fraction of sp³-hybridized carbons (Fsp3) is 0.0698. The average Bonchev–Trinajstić information content (AvgIpc) is 3.69. The molecule has 3 unspecified atom stereocenters. The minimum Gasteiger partial charge on any atom is -0.438 e. The molecule has 0 fully saturated rings. The number of aliphatic imine (C=N–C) groups is 1. The predicted molar refractivity (Wildman–Crippen MR) is 194 cm³/mol. The van der Waals surface area contributed by atoms with Gasteiger partial charge in [-0.15, -0.1) is 0 Å². The number of nitrogens with zero attached hydrogens (tertiary/aromatic N) is 2. The smallest absolute Gasteiger partial charge is 0.228 e. The second-order valence-corrected chi connectivity index (χ2v) is 12.8. The van der Waals surface area contributed by atoms with Crippen molar-refractivity contribution in [1.29, 1.82) is 0 Å². The van der Waals surface area contributed by atoms with E-state index in [2.05, 4.69) is 133 Å². The first-order valence-electron chi connectivity index (χ1n) is 16.5. The Labute approximate surface area is 277 Å². The molecule has 5 heteroatoms. The van der Waals surface area contributed by atoms with Crippen LogP contribution >= 0.6 is 0 Å². The van der Waals surface area contributed by atoms with Gasteiger partial charge in [-0.2, -0.15) is 0 Å². The average molecular weight is 620 g/mol. The summed E-state index contributed by atoms with van der Waals surface area (Å²) in [5, 5.41) is 8.51. The van der Waals surface area contributed by atoms with E-state index in [9.17, 15) is 0 Å². The maximum absolute atomic E-state index is 6.15. The summed E-state index contributed by atoms with van der Waals surface area (Å²) in [6.45, 7) is 0. The van der Waals surface area contributed by atoms with Gasteiger partial charge in [0, 0.05) is 28.3 Å². The van der Waals surface area contributed by atoms with E-state index < -0.39 is 0 Å². The zero-order chi connectivity index (χ0) is 31.8. The minimum absolute atomic E-state index is 0.0368. The van der Waals surface area contributed by atoms with Gasteiger partial charge < -0.3 is 9.73 Å². The number of para-hydroxylation sites is 1. The van der Waals surface area contributed by atoms with Crippen molar-refractivity contribution in [3.8, 4) is 33.4 Å². The summed E-state index contributed by atoms with van der Waals surface area (Å²) >= 11 is 0. The van der Waals surface area contributed by atoms with Gasteiger partial charge in [-0.3, -0.25) is 4.90 Å². The molecule has 0 radical (unpaired) electrons. The van der Waals surface area contributed by atoms with Gasteiger partial charge >= 0.3 is 0 Å². The van der Waals surface area contributed by atoms with Crippen LogP contribution in [-0.4, -0.2) is 17.9 Å². The topological polar surface area (TPSA) is 54.9 Å². The summed E-state index contributed by atoms with van der Waals surface area (Å²) in [6, 6.07) is 49.9. The molecule has 0 bridgehead atoms. The molecule has 3 heterocycles. The van der Waals surface area contributed by atoms with Gasteiger partial charge in [-0.05, 0) is 62.4 Å². The molecule has 1 aliphatic carbocycles. The first kappa shape index (κ1) is 27.1. The van der Waals surface area contributed by atoms with Crippen molar-refractivity contribution in [2.45, 2.75) is 12.3 Å². The van der Waals surface area contributed by atoms with Crippen molar-refractivity contribution >= 4 is 38.7 Å². The van der Waals surface area contributed by atoms with E-state index in [4.69, 9.17) is 9.41 Å². The summed E-state index contributed by atoms with van der Waals surface area (Å²) in [5.41, 5.74) is 12.5. The first-order valence-corrected chi connectivity index (χ1v) is 16.5. The van der Waals surface area contributed by atoms with Crippen molar-refractivity contribution in [3.05, 3.63) is 162 Å². The molecule has 48 heavy (non-hydrogen) atoms. The monoisotopic (exact) mass is 619 g/mol. The normalized spacial score (nSPS) is 18.2. The Bertz CT molecular complexity index is 2560. The molecule has 3 atom stereocenters. The molecule has 10 rings (SSSR count). The van der Waals surface area contributed by atoms with Crippen molar-refractivity contribution < 1.29 is 9.32 Å². The van der Waals surface area contributed by atoms with Crippen LogP contribution < -0.4 is 10.2 Å². The number of hydrogen-bond donors (Lipinski definition) is 2. The van der Waals surface area contributed by atoms with E-state index in [1.807, 2.05) is 30.5 Å². The van der Waals surface area contributed by atoms with Gasteiger partial charge in [0.05, 0.1) is 12.4 Å². The Kier molecular flexibility index (Phi) is 5.92. The van der Waals surface area contributed by atoms with Gasteiger partial charge in [0.2, 0.25) is 11.9 Å².